The standard InChI is InChI=1S/C21H23FN2O2/c1-26-19-7-3-2-6-18(19)21(10-4-5-11-21)15-24-20(25)9-8-16-12-17(22)14-23-13-16/h2-3,6-9,12-14H,4-5,10-11,15H2,1H3,(H,24,25). The van der Waals surface area contributed by atoms with E-state index in [2.05, 4.69) is 16.4 Å². The number of pyridine rings is 1. The highest BCUT2D eigenvalue weighted by Crippen LogP contribution is 2.44. The topological polar surface area (TPSA) is 51.2 Å². The highest BCUT2D eigenvalue weighted by Gasteiger charge is 2.37. The number of nitrogens with zero attached hydrogens (tertiary/aromatic N) is 1. The summed E-state index contributed by atoms with van der Waals surface area (Å²) in [5.74, 6) is 0.245. The summed E-state index contributed by atoms with van der Waals surface area (Å²) in [7, 11) is 1.68. The third-order valence-electron chi connectivity index (χ3n) is 4.99. The SMILES string of the molecule is COc1ccccc1C1(CNC(=O)C=Cc2cncc(F)c2)CCCC1. The van der Waals surface area contributed by atoms with Crippen LogP contribution in [0.15, 0.2) is 48.8 Å². The summed E-state index contributed by atoms with van der Waals surface area (Å²) in [5.41, 5.74) is 1.61. The fourth-order valence-electron chi connectivity index (χ4n) is 3.68. The van der Waals surface area contributed by atoms with Crippen LogP contribution in [0.1, 0.15) is 36.8 Å². The van der Waals surface area contributed by atoms with Crippen molar-refractivity contribution in [3.05, 3.63) is 65.7 Å². The summed E-state index contributed by atoms with van der Waals surface area (Å²) in [6.07, 6.45) is 9.94. The largest absolute Gasteiger partial charge is 0.496 e. The second-order valence-electron chi connectivity index (χ2n) is 6.68. The second-order valence-corrected chi connectivity index (χ2v) is 6.68. The van der Waals surface area contributed by atoms with Crippen LogP contribution in [-0.2, 0) is 10.2 Å². The van der Waals surface area contributed by atoms with E-state index in [0.717, 1.165) is 43.2 Å². The Hall–Kier alpha value is -2.69. The molecule has 26 heavy (non-hydrogen) atoms. The van der Waals surface area contributed by atoms with Crippen LogP contribution in [0.5, 0.6) is 5.75 Å². The minimum Gasteiger partial charge on any atom is -0.496 e. The number of nitrogens with one attached hydrogen (secondary N) is 1. The maximum atomic E-state index is 13.1. The minimum absolute atomic E-state index is 0.101. The van der Waals surface area contributed by atoms with E-state index in [-0.39, 0.29) is 11.3 Å². The first kappa shape index (κ1) is 18.1. The lowest BCUT2D eigenvalue weighted by molar-refractivity contribution is -0.116. The molecule has 1 aliphatic rings. The molecule has 4 nitrogen and oxygen atoms in total. The van der Waals surface area contributed by atoms with E-state index in [1.54, 1.807) is 13.2 Å². The Kier molecular flexibility index (Phi) is 5.66. The van der Waals surface area contributed by atoms with Gasteiger partial charge in [-0.15, -0.1) is 0 Å². The monoisotopic (exact) mass is 354 g/mol. The maximum absolute atomic E-state index is 13.1. The van der Waals surface area contributed by atoms with E-state index >= 15 is 0 Å². The number of rotatable bonds is 6. The predicted molar refractivity (Wildman–Crippen MR) is 99.4 cm³/mol. The molecule has 1 saturated carbocycles. The summed E-state index contributed by atoms with van der Waals surface area (Å²) >= 11 is 0. The van der Waals surface area contributed by atoms with Crippen molar-refractivity contribution >= 4 is 12.0 Å². The molecule has 1 aromatic heterocycles. The summed E-state index contributed by atoms with van der Waals surface area (Å²) in [4.78, 5) is 16.0. The van der Waals surface area contributed by atoms with Crippen molar-refractivity contribution in [3.8, 4) is 5.75 Å². The molecular weight excluding hydrogens is 331 g/mol. The van der Waals surface area contributed by atoms with Gasteiger partial charge in [0.15, 0.2) is 0 Å². The van der Waals surface area contributed by atoms with Crippen molar-refractivity contribution in [2.45, 2.75) is 31.1 Å². The van der Waals surface area contributed by atoms with E-state index in [1.165, 1.54) is 18.3 Å². The van der Waals surface area contributed by atoms with Crippen molar-refractivity contribution in [1.82, 2.24) is 10.3 Å². The van der Waals surface area contributed by atoms with Gasteiger partial charge in [0, 0.05) is 29.8 Å². The Morgan fingerprint density at radius 1 is 1.31 bits per heavy atom. The molecule has 1 aliphatic carbocycles. The number of carbonyl (C=O) groups excluding carboxylic acids is 1. The normalized spacial score (nSPS) is 15.9. The molecule has 0 radical (unpaired) electrons. The molecule has 1 aromatic carbocycles. The lowest BCUT2D eigenvalue weighted by Gasteiger charge is -2.31. The number of benzene rings is 1. The molecule has 1 fully saturated rings. The first-order valence-electron chi connectivity index (χ1n) is 8.83. The molecule has 3 rings (SSSR count). The minimum atomic E-state index is -0.423. The zero-order valence-corrected chi connectivity index (χ0v) is 14.9. The van der Waals surface area contributed by atoms with Gasteiger partial charge in [0.25, 0.3) is 0 Å². The molecule has 0 saturated heterocycles. The zero-order valence-electron chi connectivity index (χ0n) is 14.9. The van der Waals surface area contributed by atoms with E-state index in [1.807, 2.05) is 18.2 Å². The van der Waals surface area contributed by atoms with Crippen molar-refractivity contribution in [2.24, 2.45) is 0 Å². The van der Waals surface area contributed by atoms with Gasteiger partial charge in [0.2, 0.25) is 5.91 Å². The van der Waals surface area contributed by atoms with Gasteiger partial charge in [-0.05, 0) is 36.6 Å². The van der Waals surface area contributed by atoms with Crippen LogP contribution in [0.25, 0.3) is 6.08 Å². The number of ether oxygens (including phenoxy) is 1. The zero-order chi connectivity index (χ0) is 18.4. The number of hydrogen-bond donors (Lipinski definition) is 1. The lowest BCUT2D eigenvalue weighted by Crippen LogP contribution is -2.38. The first-order chi connectivity index (χ1) is 12.6. The Balaban J connectivity index is 1.70. The number of hydrogen-bond acceptors (Lipinski definition) is 3. The maximum Gasteiger partial charge on any atom is 0.244 e. The average molecular weight is 354 g/mol. The van der Waals surface area contributed by atoms with E-state index in [4.69, 9.17) is 4.74 Å². The number of halogens is 1. The van der Waals surface area contributed by atoms with Gasteiger partial charge in [-0.25, -0.2) is 4.39 Å². The molecule has 5 heteroatoms. The van der Waals surface area contributed by atoms with Gasteiger partial charge >= 0.3 is 0 Å². The van der Waals surface area contributed by atoms with Gasteiger partial charge in [-0.3, -0.25) is 9.78 Å². The van der Waals surface area contributed by atoms with Gasteiger partial charge in [0.1, 0.15) is 11.6 Å². The molecule has 136 valence electrons. The Morgan fingerprint density at radius 2 is 2.08 bits per heavy atom. The third kappa shape index (κ3) is 4.10. The fraction of sp³-hybridized carbons (Fsp3) is 0.333. The van der Waals surface area contributed by atoms with Crippen molar-refractivity contribution in [3.63, 3.8) is 0 Å². The number of para-hydroxylation sites is 1. The predicted octanol–water partition coefficient (Wildman–Crippen LogP) is 3.87. The molecule has 0 unspecified atom stereocenters. The Labute approximate surface area is 153 Å². The van der Waals surface area contributed by atoms with Crippen LogP contribution in [0, 0.1) is 5.82 Å². The Morgan fingerprint density at radius 3 is 2.81 bits per heavy atom. The number of methoxy groups -OCH3 is 1. The van der Waals surface area contributed by atoms with Crippen LogP contribution in [0.4, 0.5) is 4.39 Å². The van der Waals surface area contributed by atoms with Crippen molar-refractivity contribution < 1.29 is 13.9 Å². The molecule has 0 aliphatic heterocycles. The molecule has 0 atom stereocenters. The van der Waals surface area contributed by atoms with Crippen LogP contribution < -0.4 is 10.1 Å². The molecule has 1 heterocycles. The van der Waals surface area contributed by atoms with E-state index in [9.17, 15) is 9.18 Å². The highest BCUT2D eigenvalue weighted by atomic mass is 19.1. The molecule has 1 amide bonds. The molecule has 0 bridgehead atoms. The summed E-state index contributed by atoms with van der Waals surface area (Å²) in [5, 5.41) is 3.00. The Bertz CT molecular complexity index is 798. The van der Waals surface area contributed by atoms with Crippen molar-refractivity contribution in [1.29, 1.82) is 0 Å². The number of amides is 1. The van der Waals surface area contributed by atoms with E-state index in [0.29, 0.717) is 12.1 Å². The summed E-state index contributed by atoms with van der Waals surface area (Å²) < 4.78 is 18.7. The van der Waals surface area contributed by atoms with Gasteiger partial charge in [-0.1, -0.05) is 31.0 Å². The second kappa shape index (κ2) is 8.13. The van der Waals surface area contributed by atoms with E-state index < -0.39 is 5.82 Å². The molecular formula is C21H23FN2O2. The van der Waals surface area contributed by atoms with Crippen LogP contribution in [0.3, 0.4) is 0 Å². The third-order valence-corrected chi connectivity index (χ3v) is 4.99. The summed E-state index contributed by atoms with van der Waals surface area (Å²) in [6.45, 7) is 0.554. The van der Waals surface area contributed by atoms with Gasteiger partial charge in [-0.2, -0.15) is 0 Å². The number of aromatic nitrogens is 1. The van der Waals surface area contributed by atoms with Crippen LogP contribution in [0.2, 0.25) is 0 Å². The lowest BCUT2D eigenvalue weighted by atomic mass is 9.78. The fourth-order valence-corrected chi connectivity index (χ4v) is 3.68. The molecule has 0 spiro atoms. The van der Waals surface area contributed by atoms with Gasteiger partial charge in [0.05, 0.1) is 13.3 Å². The smallest absolute Gasteiger partial charge is 0.244 e. The highest BCUT2D eigenvalue weighted by molar-refractivity contribution is 5.91. The van der Waals surface area contributed by atoms with Gasteiger partial charge < -0.3 is 10.1 Å². The first-order valence-corrected chi connectivity index (χ1v) is 8.83. The quantitative estimate of drug-likeness (QED) is 0.801. The number of carbonyl (C=O) groups is 1. The summed E-state index contributed by atoms with van der Waals surface area (Å²) in [6, 6.07) is 9.36. The average Bonchev–Trinajstić information content (AvgIpc) is 3.15. The van der Waals surface area contributed by atoms with Crippen molar-refractivity contribution in [2.75, 3.05) is 13.7 Å². The molecule has 1 N–H and O–H groups in total. The van der Waals surface area contributed by atoms with Crippen LogP contribution >= 0.6 is 0 Å². The van der Waals surface area contributed by atoms with Crippen LogP contribution in [-0.4, -0.2) is 24.5 Å². The molecule has 2 aromatic rings.